The van der Waals surface area contributed by atoms with Crippen molar-refractivity contribution in [1.29, 1.82) is 0 Å². The second-order valence-corrected chi connectivity index (χ2v) is 11.8. The molecule has 0 aliphatic heterocycles. The fraction of sp³-hybridized carbons (Fsp3) is 0.500. The minimum Gasteiger partial charge on any atom is -0.494 e. The normalized spacial score (nSPS) is 19.2. The van der Waals surface area contributed by atoms with Crippen LogP contribution >= 0.6 is 11.6 Å². The number of methoxy groups -OCH3 is 3. The first kappa shape index (κ1) is 27.2. The number of ether oxygens (including phenoxy) is 3. The van der Waals surface area contributed by atoms with Gasteiger partial charge < -0.3 is 19.3 Å². The lowest BCUT2D eigenvalue weighted by atomic mass is 9.75. The van der Waals surface area contributed by atoms with Crippen LogP contribution in [-0.2, 0) is 20.3 Å². The van der Waals surface area contributed by atoms with Crippen LogP contribution in [-0.4, -0.2) is 71.4 Å². The highest BCUT2D eigenvalue weighted by Gasteiger charge is 2.38. The molecule has 0 radical (unpaired) electrons. The third kappa shape index (κ3) is 5.42. The van der Waals surface area contributed by atoms with Crippen LogP contribution in [0.3, 0.4) is 0 Å². The molecule has 1 N–H and O–H groups in total. The van der Waals surface area contributed by atoms with E-state index in [1.165, 1.54) is 33.7 Å². The Balaban J connectivity index is 1.76. The zero-order valence-corrected chi connectivity index (χ0v) is 22.6. The number of sulfone groups is 1. The third-order valence-electron chi connectivity index (χ3n) is 6.71. The van der Waals surface area contributed by atoms with E-state index in [2.05, 4.69) is 20.2 Å². The molecular formula is C24H30ClN5O6S. The van der Waals surface area contributed by atoms with E-state index in [4.69, 9.17) is 25.8 Å². The maximum atomic E-state index is 13.7. The molecule has 13 heteroatoms. The zero-order valence-electron chi connectivity index (χ0n) is 21.0. The summed E-state index contributed by atoms with van der Waals surface area (Å²) in [5, 5.41) is 17.5. The van der Waals surface area contributed by atoms with E-state index in [0.717, 1.165) is 12.8 Å². The predicted molar refractivity (Wildman–Crippen MR) is 136 cm³/mol. The summed E-state index contributed by atoms with van der Waals surface area (Å²) < 4.78 is 45.7. The number of halogens is 1. The molecule has 0 amide bonds. The van der Waals surface area contributed by atoms with Crippen LogP contribution in [0.4, 0.5) is 0 Å². The van der Waals surface area contributed by atoms with E-state index in [1.807, 2.05) is 0 Å². The van der Waals surface area contributed by atoms with E-state index in [1.54, 1.807) is 29.7 Å². The average Bonchev–Trinajstić information content (AvgIpc) is 3.25. The molecule has 3 aromatic rings. The van der Waals surface area contributed by atoms with Crippen molar-refractivity contribution >= 4 is 21.4 Å². The maximum Gasteiger partial charge on any atom is 0.163 e. The van der Waals surface area contributed by atoms with E-state index >= 15 is 0 Å². The molecule has 11 nitrogen and oxygen atoms in total. The summed E-state index contributed by atoms with van der Waals surface area (Å²) in [5.74, 6) is 1.72. The molecule has 1 aliphatic carbocycles. The van der Waals surface area contributed by atoms with Gasteiger partial charge in [0.05, 0.1) is 24.5 Å². The standard InChI is InChI=1S/C24H30ClN5O6S/c1-14(22(36-4)23-26-10-17(25)11-27-23)37(32,33)13-20-28-29-24(16-8-15(9-16)12-31)30(20)21-18(34-2)6-5-7-19(21)35-3/h5-7,10-11,14-16,22,31H,8-9,12-13H2,1-4H3/t14-,15?,16?,22-/m0/s1. The van der Waals surface area contributed by atoms with E-state index in [0.29, 0.717) is 28.0 Å². The van der Waals surface area contributed by atoms with Crippen molar-refractivity contribution < 1.29 is 27.7 Å². The van der Waals surface area contributed by atoms with Crippen molar-refractivity contribution in [3.63, 3.8) is 0 Å². The van der Waals surface area contributed by atoms with Crippen LogP contribution in [0.2, 0.25) is 5.02 Å². The molecule has 0 unspecified atom stereocenters. The Hall–Kier alpha value is -2.80. The third-order valence-corrected chi connectivity index (χ3v) is 8.95. The summed E-state index contributed by atoms with van der Waals surface area (Å²) in [6, 6.07) is 5.31. The lowest BCUT2D eigenvalue weighted by Crippen LogP contribution is -2.30. The maximum absolute atomic E-state index is 13.7. The Kier molecular flexibility index (Phi) is 8.32. The molecule has 2 aromatic heterocycles. The summed E-state index contributed by atoms with van der Waals surface area (Å²) in [6.07, 6.45) is 3.30. The molecular weight excluding hydrogens is 522 g/mol. The Labute approximate surface area is 220 Å². The molecule has 0 saturated heterocycles. The first-order valence-electron chi connectivity index (χ1n) is 11.7. The van der Waals surface area contributed by atoms with Crippen molar-refractivity contribution in [1.82, 2.24) is 24.7 Å². The van der Waals surface area contributed by atoms with E-state index in [9.17, 15) is 13.5 Å². The van der Waals surface area contributed by atoms with Gasteiger partial charge in [-0.1, -0.05) is 17.7 Å². The number of nitrogens with zero attached hydrogens (tertiary/aromatic N) is 5. The van der Waals surface area contributed by atoms with Crippen LogP contribution in [0.25, 0.3) is 5.69 Å². The van der Waals surface area contributed by atoms with E-state index in [-0.39, 0.29) is 30.1 Å². The molecule has 2 atom stereocenters. The monoisotopic (exact) mass is 551 g/mol. The number of hydrogen-bond acceptors (Lipinski definition) is 10. The Bertz CT molecular complexity index is 1310. The number of hydrogen-bond donors (Lipinski definition) is 1. The minimum atomic E-state index is -3.85. The summed E-state index contributed by atoms with van der Waals surface area (Å²) in [6.45, 7) is 1.64. The van der Waals surface area contributed by atoms with Crippen molar-refractivity contribution in [2.24, 2.45) is 5.92 Å². The van der Waals surface area contributed by atoms with Crippen LogP contribution in [0.5, 0.6) is 11.5 Å². The topological polar surface area (TPSA) is 139 Å². The van der Waals surface area contributed by atoms with Crippen molar-refractivity contribution in [3.05, 3.63) is 53.1 Å². The first-order chi connectivity index (χ1) is 17.7. The predicted octanol–water partition coefficient (Wildman–Crippen LogP) is 2.90. The molecule has 1 aliphatic rings. The van der Waals surface area contributed by atoms with Gasteiger partial charge in [-0.2, -0.15) is 0 Å². The molecule has 1 aromatic carbocycles. The number of benzene rings is 1. The molecule has 1 saturated carbocycles. The largest absolute Gasteiger partial charge is 0.494 e. The molecule has 200 valence electrons. The average molecular weight is 552 g/mol. The second-order valence-electron chi connectivity index (χ2n) is 8.97. The lowest BCUT2D eigenvalue weighted by molar-refractivity contribution is 0.0948. The highest BCUT2D eigenvalue weighted by Crippen LogP contribution is 2.44. The summed E-state index contributed by atoms with van der Waals surface area (Å²) in [5.41, 5.74) is 0.516. The van der Waals surface area contributed by atoms with Gasteiger partial charge in [0.2, 0.25) is 0 Å². The van der Waals surface area contributed by atoms with Crippen LogP contribution < -0.4 is 9.47 Å². The van der Waals surface area contributed by atoms with Crippen molar-refractivity contribution in [3.8, 4) is 17.2 Å². The second kappa shape index (κ2) is 11.3. The highest BCUT2D eigenvalue weighted by atomic mass is 35.5. The molecule has 2 heterocycles. The van der Waals surface area contributed by atoms with Gasteiger partial charge in [-0.25, -0.2) is 18.4 Å². The minimum absolute atomic E-state index is 0.00216. The number of aromatic nitrogens is 5. The molecule has 37 heavy (non-hydrogen) atoms. The Morgan fingerprint density at radius 2 is 1.73 bits per heavy atom. The van der Waals surface area contributed by atoms with Gasteiger partial charge in [0.25, 0.3) is 0 Å². The van der Waals surface area contributed by atoms with Gasteiger partial charge in [0.1, 0.15) is 34.9 Å². The SMILES string of the molecule is COc1cccc(OC)c1-n1c(CS(=O)(=O)[C@@H](C)[C@H](OC)c2ncc(Cl)cn2)nnc1C1CC(CO)C1. The quantitative estimate of drug-likeness (QED) is 0.378. The van der Waals surface area contributed by atoms with Crippen LogP contribution in [0.15, 0.2) is 30.6 Å². The highest BCUT2D eigenvalue weighted by molar-refractivity contribution is 7.91. The number of aliphatic hydroxyl groups is 1. The van der Waals surface area contributed by atoms with Gasteiger partial charge in [0, 0.05) is 32.0 Å². The zero-order chi connectivity index (χ0) is 26.7. The van der Waals surface area contributed by atoms with E-state index < -0.39 is 26.9 Å². The summed E-state index contributed by atoms with van der Waals surface area (Å²) >= 11 is 5.89. The molecule has 1 fully saturated rings. The summed E-state index contributed by atoms with van der Waals surface area (Å²) in [7, 11) is 0.612. The lowest BCUT2D eigenvalue weighted by Gasteiger charge is -2.33. The fourth-order valence-corrected chi connectivity index (χ4v) is 6.07. The van der Waals surface area contributed by atoms with Crippen LogP contribution in [0.1, 0.15) is 49.3 Å². The molecule has 0 bridgehead atoms. The van der Waals surface area contributed by atoms with Gasteiger partial charge in [-0.15, -0.1) is 10.2 Å². The smallest absolute Gasteiger partial charge is 0.163 e. The Morgan fingerprint density at radius 3 is 2.27 bits per heavy atom. The first-order valence-corrected chi connectivity index (χ1v) is 13.8. The number of para-hydroxylation sites is 1. The van der Waals surface area contributed by atoms with Crippen molar-refractivity contribution in [2.75, 3.05) is 27.9 Å². The van der Waals surface area contributed by atoms with Crippen molar-refractivity contribution in [2.45, 2.75) is 42.8 Å². The van der Waals surface area contributed by atoms with Gasteiger partial charge in [-0.3, -0.25) is 4.57 Å². The van der Waals surface area contributed by atoms with Gasteiger partial charge in [-0.05, 0) is 37.8 Å². The van der Waals surface area contributed by atoms with Crippen LogP contribution in [0, 0.1) is 5.92 Å². The fourth-order valence-electron chi connectivity index (χ4n) is 4.56. The van der Waals surface area contributed by atoms with Gasteiger partial charge >= 0.3 is 0 Å². The Morgan fingerprint density at radius 1 is 1.11 bits per heavy atom. The molecule has 4 rings (SSSR count). The molecule has 0 spiro atoms. The number of rotatable bonds is 11. The summed E-state index contributed by atoms with van der Waals surface area (Å²) in [4.78, 5) is 8.29. The van der Waals surface area contributed by atoms with Gasteiger partial charge in [0.15, 0.2) is 21.5 Å². The number of aliphatic hydroxyl groups excluding tert-OH is 1.